The molecule has 0 spiro atoms. The summed E-state index contributed by atoms with van der Waals surface area (Å²) in [6, 6.07) is 10.1. The largest absolute Gasteiger partial charge is 0.389 e. The standard InChI is InChI=1S/C17H27NO2/c1-2-17(9-6-10-17)14-18-11-16(19)13-20-12-15-7-4-3-5-8-15/h3-5,7-8,16,18-19H,2,6,9-14H2,1H3. The topological polar surface area (TPSA) is 41.5 Å². The van der Waals surface area contributed by atoms with Crippen molar-refractivity contribution in [3.8, 4) is 0 Å². The number of hydrogen-bond acceptors (Lipinski definition) is 3. The summed E-state index contributed by atoms with van der Waals surface area (Å²) in [5, 5.41) is 13.3. The van der Waals surface area contributed by atoms with Gasteiger partial charge in [0.05, 0.1) is 19.3 Å². The first-order valence-electron chi connectivity index (χ1n) is 7.74. The van der Waals surface area contributed by atoms with Crippen molar-refractivity contribution in [3.05, 3.63) is 35.9 Å². The number of nitrogens with one attached hydrogen (secondary N) is 1. The maximum Gasteiger partial charge on any atom is 0.0897 e. The van der Waals surface area contributed by atoms with Gasteiger partial charge in [0.1, 0.15) is 0 Å². The Kier molecular flexibility index (Phi) is 6.02. The predicted octanol–water partition coefficient (Wildman–Crippen LogP) is 2.73. The lowest BCUT2D eigenvalue weighted by molar-refractivity contribution is 0.0251. The van der Waals surface area contributed by atoms with Gasteiger partial charge in [0, 0.05) is 13.1 Å². The maximum absolute atomic E-state index is 9.90. The zero-order chi connectivity index (χ0) is 14.3. The van der Waals surface area contributed by atoms with Gasteiger partial charge in [-0.1, -0.05) is 43.7 Å². The van der Waals surface area contributed by atoms with Crippen LogP contribution in [0.25, 0.3) is 0 Å². The fraction of sp³-hybridized carbons (Fsp3) is 0.647. The number of hydrogen-bond donors (Lipinski definition) is 2. The maximum atomic E-state index is 9.90. The molecule has 1 saturated carbocycles. The molecule has 1 unspecified atom stereocenters. The zero-order valence-corrected chi connectivity index (χ0v) is 12.5. The van der Waals surface area contributed by atoms with Gasteiger partial charge in [-0.2, -0.15) is 0 Å². The van der Waals surface area contributed by atoms with Gasteiger partial charge in [-0.3, -0.25) is 0 Å². The highest BCUT2D eigenvalue weighted by Gasteiger charge is 2.34. The number of aliphatic hydroxyl groups excluding tert-OH is 1. The van der Waals surface area contributed by atoms with Crippen molar-refractivity contribution >= 4 is 0 Å². The molecule has 0 saturated heterocycles. The van der Waals surface area contributed by atoms with Crippen molar-refractivity contribution in [1.82, 2.24) is 5.32 Å². The summed E-state index contributed by atoms with van der Waals surface area (Å²) in [6.07, 6.45) is 4.83. The van der Waals surface area contributed by atoms with E-state index in [1.165, 1.54) is 25.7 Å². The molecule has 112 valence electrons. The molecule has 0 radical (unpaired) electrons. The van der Waals surface area contributed by atoms with Gasteiger partial charge in [-0.05, 0) is 30.2 Å². The van der Waals surface area contributed by atoms with E-state index in [9.17, 15) is 5.11 Å². The smallest absolute Gasteiger partial charge is 0.0897 e. The summed E-state index contributed by atoms with van der Waals surface area (Å²) >= 11 is 0. The molecule has 2 rings (SSSR count). The summed E-state index contributed by atoms with van der Waals surface area (Å²) in [6.45, 7) is 4.87. The third-order valence-corrected chi connectivity index (χ3v) is 4.47. The molecule has 1 aliphatic carbocycles. The van der Waals surface area contributed by atoms with Crippen molar-refractivity contribution < 1.29 is 9.84 Å². The normalized spacial score (nSPS) is 18.5. The number of ether oxygens (including phenoxy) is 1. The fourth-order valence-corrected chi connectivity index (χ4v) is 2.78. The monoisotopic (exact) mass is 277 g/mol. The Labute approximate surface area is 122 Å². The van der Waals surface area contributed by atoms with Crippen molar-refractivity contribution in [2.75, 3.05) is 19.7 Å². The molecule has 2 N–H and O–H groups in total. The molecule has 3 heteroatoms. The highest BCUT2D eigenvalue weighted by molar-refractivity contribution is 5.13. The van der Waals surface area contributed by atoms with Crippen molar-refractivity contribution in [2.45, 2.75) is 45.3 Å². The van der Waals surface area contributed by atoms with Crippen LogP contribution in [0.4, 0.5) is 0 Å². The van der Waals surface area contributed by atoms with Crippen LogP contribution in [0.3, 0.4) is 0 Å². The average Bonchev–Trinajstić information content (AvgIpc) is 2.43. The molecule has 0 bridgehead atoms. The first-order chi connectivity index (χ1) is 9.74. The SMILES string of the molecule is CCC1(CNCC(O)COCc2ccccc2)CCC1. The average molecular weight is 277 g/mol. The summed E-state index contributed by atoms with van der Waals surface area (Å²) in [5.74, 6) is 0. The van der Waals surface area contributed by atoms with Crippen LogP contribution in [-0.2, 0) is 11.3 Å². The molecular weight excluding hydrogens is 250 g/mol. The van der Waals surface area contributed by atoms with Crippen molar-refractivity contribution in [3.63, 3.8) is 0 Å². The van der Waals surface area contributed by atoms with E-state index in [0.717, 1.165) is 12.1 Å². The minimum absolute atomic E-state index is 0.390. The molecule has 1 aromatic rings. The van der Waals surface area contributed by atoms with Crippen LogP contribution in [0.1, 0.15) is 38.2 Å². The molecule has 1 atom stereocenters. The first-order valence-corrected chi connectivity index (χ1v) is 7.74. The summed E-state index contributed by atoms with van der Waals surface area (Å²) in [4.78, 5) is 0. The van der Waals surface area contributed by atoms with E-state index in [4.69, 9.17) is 4.74 Å². The van der Waals surface area contributed by atoms with E-state index < -0.39 is 6.10 Å². The Bertz CT molecular complexity index is 370. The van der Waals surface area contributed by atoms with E-state index in [2.05, 4.69) is 12.2 Å². The van der Waals surface area contributed by atoms with Crippen LogP contribution in [0.2, 0.25) is 0 Å². The quantitative estimate of drug-likeness (QED) is 0.729. The molecule has 20 heavy (non-hydrogen) atoms. The molecular formula is C17H27NO2. The van der Waals surface area contributed by atoms with Crippen LogP contribution < -0.4 is 5.32 Å². The summed E-state index contributed by atoms with van der Waals surface area (Å²) in [7, 11) is 0. The predicted molar refractivity (Wildman–Crippen MR) is 81.5 cm³/mol. The third kappa shape index (κ3) is 4.58. The molecule has 3 nitrogen and oxygen atoms in total. The Morgan fingerprint density at radius 1 is 1.30 bits per heavy atom. The van der Waals surface area contributed by atoms with Gasteiger partial charge in [-0.15, -0.1) is 0 Å². The summed E-state index contributed by atoms with van der Waals surface area (Å²) in [5.41, 5.74) is 1.65. The van der Waals surface area contributed by atoms with Crippen LogP contribution in [0.5, 0.6) is 0 Å². The second-order valence-corrected chi connectivity index (χ2v) is 5.99. The number of aliphatic hydroxyl groups is 1. The number of rotatable bonds is 9. The van der Waals surface area contributed by atoms with Crippen LogP contribution in [0.15, 0.2) is 30.3 Å². The van der Waals surface area contributed by atoms with Crippen LogP contribution in [-0.4, -0.2) is 30.9 Å². The van der Waals surface area contributed by atoms with E-state index in [-0.39, 0.29) is 0 Å². The van der Waals surface area contributed by atoms with Gasteiger partial charge >= 0.3 is 0 Å². The fourth-order valence-electron chi connectivity index (χ4n) is 2.78. The highest BCUT2D eigenvalue weighted by atomic mass is 16.5. The van der Waals surface area contributed by atoms with Crippen molar-refractivity contribution in [1.29, 1.82) is 0 Å². The Morgan fingerprint density at radius 2 is 2.05 bits per heavy atom. The molecule has 0 heterocycles. The van der Waals surface area contributed by atoms with Gasteiger partial charge in [0.25, 0.3) is 0 Å². The lowest BCUT2D eigenvalue weighted by atomic mass is 9.67. The second kappa shape index (κ2) is 7.77. The van der Waals surface area contributed by atoms with Gasteiger partial charge in [0.15, 0.2) is 0 Å². The van der Waals surface area contributed by atoms with E-state index in [1.807, 2.05) is 30.3 Å². The van der Waals surface area contributed by atoms with E-state index >= 15 is 0 Å². The van der Waals surface area contributed by atoms with Gasteiger partial charge in [-0.25, -0.2) is 0 Å². The third-order valence-electron chi connectivity index (χ3n) is 4.47. The molecule has 1 aliphatic rings. The molecule has 0 aliphatic heterocycles. The van der Waals surface area contributed by atoms with Crippen molar-refractivity contribution in [2.24, 2.45) is 5.41 Å². The molecule has 0 aromatic heterocycles. The lowest BCUT2D eigenvalue weighted by Crippen LogP contribution is -2.42. The Morgan fingerprint density at radius 3 is 2.65 bits per heavy atom. The van der Waals surface area contributed by atoms with Crippen LogP contribution >= 0.6 is 0 Å². The van der Waals surface area contributed by atoms with Crippen LogP contribution in [0, 0.1) is 5.41 Å². The molecule has 1 aromatic carbocycles. The number of benzene rings is 1. The molecule has 0 amide bonds. The first kappa shape index (κ1) is 15.5. The second-order valence-electron chi connectivity index (χ2n) is 5.99. The Hall–Kier alpha value is -0.900. The lowest BCUT2D eigenvalue weighted by Gasteiger charge is -2.41. The van der Waals surface area contributed by atoms with E-state index in [1.54, 1.807) is 0 Å². The highest BCUT2D eigenvalue weighted by Crippen LogP contribution is 2.42. The minimum Gasteiger partial charge on any atom is -0.389 e. The minimum atomic E-state index is -0.423. The molecule has 1 fully saturated rings. The van der Waals surface area contributed by atoms with E-state index in [0.29, 0.717) is 25.2 Å². The van der Waals surface area contributed by atoms with Gasteiger partial charge in [0.2, 0.25) is 0 Å². The van der Waals surface area contributed by atoms with Gasteiger partial charge < -0.3 is 15.2 Å². The Balaban J connectivity index is 1.55. The summed E-state index contributed by atoms with van der Waals surface area (Å²) < 4.78 is 5.54. The zero-order valence-electron chi connectivity index (χ0n) is 12.5.